The molecule has 0 spiro atoms. The van der Waals surface area contributed by atoms with Crippen LogP contribution in [0.5, 0.6) is 0 Å². The van der Waals surface area contributed by atoms with Crippen LogP contribution in [-0.4, -0.2) is 85.8 Å². The minimum atomic E-state index is -3.58. The minimum Gasteiger partial charge on any atom is -0.330 e. The highest BCUT2D eigenvalue weighted by Gasteiger charge is 2.51. The van der Waals surface area contributed by atoms with Gasteiger partial charge in [-0.25, -0.2) is 13.1 Å². The lowest BCUT2D eigenvalue weighted by Crippen LogP contribution is -2.56. The minimum absolute atomic E-state index is 0.0250. The van der Waals surface area contributed by atoms with Gasteiger partial charge in [-0.05, 0) is 50.9 Å². The maximum atomic E-state index is 13.2. The number of fused-ring (bicyclic) bond motifs is 2. The number of nitrogens with one attached hydrogen (secondary N) is 1. The third-order valence-electron chi connectivity index (χ3n) is 7.08. The highest BCUT2D eigenvalue weighted by molar-refractivity contribution is 7.89. The number of nitriles is 1. The fourth-order valence-electron chi connectivity index (χ4n) is 5.33. The quantitative estimate of drug-likeness (QED) is 0.557. The van der Waals surface area contributed by atoms with Crippen molar-refractivity contribution in [3.05, 3.63) is 29.8 Å². The standard InChI is InChI=1S/C22H30N6O4S/c1-14(15-5-3-7-18(9-15)33(31,32)25-2)28-17-10-20(22(28)30)26(12-17)13-19(24)21(29)27-8-4-6-16(27)11-23/h3,5,7,9,14,16-17,19-20,25H,4,6,8,10,12-13,24H2,1-2H3/t14-,16-,17+,19-,20+/m0/s1. The molecule has 0 unspecified atom stereocenters. The van der Waals surface area contributed by atoms with Crippen molar-refractivity contribution in [1.82, 2.24) is 19.4 Å². The van der Waals surface area contributed by atoms with E-state index in [-0.39, 0.29) is 41.4 Å². The Hall–Kier alpha value is -2.52. The van der Waals surface area contributed by atoms with Crippen molar-refractivity contribution in [1.29, 1.82) is 5.26 Å². The van der Waals surface area contributed by atoms with Gasteiger partial charge < -0.3 is 15.5 Å². The first kappa shape index (κ1) is 23.6. The Labute approximate surface area is 194 Å². The van der Waals surface area contributed by atoms with Crippen LogP contribution in [0.2, 0.25) is 0 Å². The molecule has 3 aliphatic heterocycles. The van der Waals surface area contributed by atoms with Crippen LogP contribution in [-0.2, 0) is 19.6 Å². The Morgan fingerprint density at radius 2 is 2.15 bits per heavy atom. The summed E-state index contributed by atoms with van der Waals surface area (Å²) in [5.74, 6) is -0.265. The summed E-state index contributed by atoms with van der Waals surface area (Å²) in [6.07, 6.45) is 2.13. The molecule has 4 rings (SSSR count). The third kappa shape index (κ3) is 4.24. The van der Waals surface area contributed by atoms with Gasteiger partial charge in [0, 0.05) is 25.7 Å². The third-order valence-corrected chi connectivity index (χ3v) is 8.50. The van der Waals surface area contributed by atoms with Crippen LogP contribution in [0.4, 0.5) is 0 Å². The highest BCUT2D eigenvalue weighted by Crippen LogP contribution is 2.38. The fraction of sp³-hybridized carbons (Fsp3) is 0.591. The summed E-state index contributed by atoms with van der Waals surface area (Å²) in [6, 6.07) is 6.95. The first-order valence-corrected chi connectivity index (χ1v) is 12.7. The number of hydrogen-bond donors (Lipinski definition) is 2. The number of nitrogens with zero attached hydrogens (tertiary/aromatic N) is 4. The van der Waals surface area contributed by atoms with Crippen molar-refractivity contribution in [2.24, 2.45) is 5.73 Å². The van der Waals surface area contributed by atoms with Gasteiger partial charge in [0.1, 0.15) is 6.04 Å². The van der Waals surface area contributed by atoms with E-state index in [0.717, 1.165) is 12.0 Å². The molecular weight excluding hydrogens is 444 g/mol. The Kier molecular flexibility index (Phi) is 6.46. The van der Waals surface area contributed by atoms with E-state index >= 15 is 0 Å². The normalized spacial score (nSPS) is 27.1. The van der Waals surface area contributed by atoms with Gasteiger partial charge >= 0.3 is 0 Å². The van der Waals surface area contributed by atoms with Gasteiger partial charge in [0.2, 0.25) is 21.8 Å². The second-order valence-electron chi connectivity index (χ2n) is 8.99. The maximum Gasteiger partial charge on any atom is 0.241 e. The molecule has 0 saturated carbocycles. The number of carbonyl (C=O) groups is 2. The smallest absolute Gasteiger partial charge is 0.241 e. The molecular formula is C22H30N6O4S. The van der Waals surface area contributed by atoms with Crippen LogP contribution in [0.3, 0.4) is 0 Å². The maximum absolute atomic E-state index is 13.2. The molecule has 178 valence electrons. The Morgan fingerprint density at radius 3 is 2.82 bits per heavy atom. The van der Waals surface area contributed by atoms with Crippen molar-refractivity contribution in [2.75, 3.05) is 26.7 Å². The molecule has 1 aromatic rings. The number of piperazine rings is 1. The molecule has 3 saturated heterocycles. The van der Waals surface area contributed by atoms with Crippen LogP contribution < -0.4 is 10.5 Å². The summed E-state index contributed by atoms with van der Waals surface area (Å²) in [6.45, 7) is 3.33. The first-order valence-electron chi connectivity index (χ1n) is 11.2. The molecule has 0 aliphatic carbocycles. The van der Waals surface area contributed by atoms with Gasteiger partial charge in [-0.1, -0.05) is 12.1 Å². The van der Waals surface area contributed by atoms with E-state index in [1.54, 1.807) is 17.0 Å². The molecule has 3 aliphatic rings. The van der Waals surface area contributed by atoms with Crippen LogP contribution >= 0.6 is 0 Å². The lowest BCUT2D eigenvalue weighted by molar-refractivity contribution is -0.141. The van der Waals surface area contributed by atoms with Gasteiger partial charge in [0.25, 0.3) is 0 Å². The number of amides is 2. The van der Waals surface area contributed by atoms with Gasteiger partial charge in [-0.15, -0.1) is 0 Å². The summed E-state index contributed by atoms with van der Waals surface area (Å²) in [5, 5.41) is 9.24. The highest BCUT2D eigenvalue weighted by atomic mass is 32.2. The fourth-order valence-corrected chi connectivity index (χ4v) is 6.11. The average Bonchev–Trinajstić information content (AvgIpc) is 3.52. The molecule has 11 heteroatoms. The SMILES string of the molecule is CNS(=O)(=O)c1cccc([C@H](C)N2C(=O)[C@H]3C[C@@H]2CN3C[C@H](N)C(=O)N2CCC[C@H]2C#N)c1. The van der Waals surface area contributed by atoms with Gasteiger partial charge in [0.05, 0.1) is 29.1 Å². The second-order valence-corrected chi connectivity index (χ2v) is 10.9. The molecule has 3 heterocycles. The molecule has 1 aromatic carbocycles. The zero-order chi connectivity index (χ0) is 23.9. The molecule has 5 atom stereocenters. The lowest BCUT2D eigenvalue weighted by atomic mass is 10.1. The predicted octanol–water partition coefficient (Wildman–Crippen LogP) is -0.217. The Balaban J connectivity index is 1.42. The number of hydrogen-bond acceptors (Lipinski definition) is 7. The molecule has 10 nitrogen and oxygen atoms in total. The monoisotopic (exact) mass is 474 g/mol. The van der Waals surface area contributed by atoms with E-state index in [1.807, 2.05) is 22.8 Å². The van der Waals surface area contributed by atoms with E-state index in [4.69, 9.17) is 5.73 Å². The summed E-state index contributed by atoms with van der Waals surface area (Å²) < 4.78 is 26.6. The Bertz CT molecular complexity index is 1090. The average molecular weight is 475 g/mol. The van der Waals surface area contributed by atoms with E-state index in [9.17, 15) is 23.3 Å². The van der Waals surface area contributed by atoms with Crippen LogP contribution in [0.25, 0.3) is 0 Å². The molecule has 0 radical (unpaired) electrons. The molecule has 3 N–H and O–H groups in total. The lowest BCUT2D eigenvalue weighted by Gasteiger charge is -2.38. The van der Waals surface area contributed by atoms with E-state index in [0.29, 0.717) is 25.9 Å². The van der Waals surface area contributed by atoms with Crippen molar-refractivity contribution in [2.45, 2.75) is 61.3 Å². The zero-order valence-corrected chi connectivity index (χ0v) is 19.7. The largest absolute Gasteiger partial charge is 0.330 e. The van der Waals surface area contributed by atoms with Crippen LogP contribution in [0.1, 0.15) is 37.8 Å². The van der Waals surface area contributed by atoms with E-state index in [2.05, 4.69) is 10.8 Å². The number of benzene rings is 1. The van der Waals surface area contributed by atoms with Crippen molar-refractivity contribution < 1.29 is 18.0 Å². The number of nitrogens with two attached hydrogens (primary N) is 1. The van der Waals surface area contributed by atoms with Crippen LogP contribution in [0, 0.1) is 11.3 Å². The molecule has 2 bridgehead atoms. The van der Waals surface area contributed by atoms with E-state index < -0.39 is 22.1 Å². The summed E-state index contributed by atoms with van der Waals surface area (Å²) in [5.41, 5.74) is 6.95. The first-order chi connectivity index (χ1) is 15.7. The van der Waals surface area contributed by atoms with Crippen molar-refractivity contribution in [3.63, 3.8) is 0 Å². The second kappa shape index (κ2) is 9.02. The number of sulfonamides is 1. The molecule has 3 fully saturated rings. The molecule has 0 aromatic heterocycles. The Morgan fingerprint density at radius 1 is 1.39 bits per heavy atom. The zero-order valence-electron chi connectivity index (χ0n) is 18.8. The number of likely N-dealkylation sites (tertiary alicyclic amines) is 3. The molecule has 2 amide bonds. The number of rotatable bonds is 7. The predicted molar refractivity (Wildman–Crippen MR) is 120 cm³/mol. The summed E-state index contributed by atoms with van der Waals surface area (Å²) in [7, 11) is -2.21. The van der Waals surface area contributed by atoms with Crippen LogP contribution in [0.15, 0.2) is 29.2 Å². The van der Waals surface area contributed by atoms with Gasteiger partial charge in [0.15, 0.2) is 0 Å². The summed E-state index contributed by atoms with van der Waals surface area (Å²) >= 11 is 0. The van der Waals surface area contributed by atoms with Gasteiger partial charge in [-0.2, -0.15) is 5.26 Å². The summed E-state index contributed by atoms with van der Waals surface area (Å²) in [4.78, 5) is 31.5. The van der Waals surface area contributed by atoms with Crippen molar-refractivity contribution in [3.8, 4) is 6.07 Å². The van der Waals surface area contributed by atoms with Gasteiger partial charge in [-0.3, -0.25) is 14.5 Å². The van der Waals surface area contributed by atoms with Crippen molar-refractivity contribution >= 4 is 21.8 Å². The number of carbonyl (C=O) groups excluding carboxylic acids is 2. The molecule has 33 heavy (non-hydrogen) atoms. The van der Waals surface area contributed by atoms with E-state index in [1.165, 1.54) is 13.1 Å². The topological polar surface area (TPSA) is 140 Å².